The van der Waals surface area contributed by atoms with Crippen LogP contribution >= 0.6 is 11.8 Å². The van der Waals surface area contributed by atoms with Crippen LogP contribution in [0.4, 0.5) is 19.0 Å². The van der Waals surface area contributed by atoms with E-state index in [0.29, 0.717) is 16.2 Å². The Morgan fingerprint density at radius 1 is 0.941 bits per heavy atom. The first-order chi connectivity index (χ1) is 16.4. The minimum absolute atomic E-state index is 0.141. The number of nitrogens with zero attached hydrogens (tertiary/aromatic N) is 3. The summed E-state index contributed by atoms with van der Waals surface area (Å²) in [5.41, 5.74) is 0.581. The molecule has 1 aromatic heterocycles. The third kappa shape index (κ3) is 5.67. The van der Waals surface area contributed by atoms with E-state index in [1.54, 1.807) is 48.7 Å². The predicted octanol–water partition coefficient (Wildman–Crippen LogP) is 6.46. The minimum atomic E-state index is -4.48. The zero-order valence-corrected chi connectivity index (χ0v) is 20.1. The summed E-state index contributed by atoms with van der Waals surface area (Å²) in [5, 5.41) is 0. The van der Waals surface area contributed by atoms with Crippen LogP contribution in [0.1, 0.15) is 18.9 Å². The number of rotatable bonds is 7. The number of methoxy groups -OCH3 is 1. The number of aromatic nitrogens is 1. The molecule has 0 unspecified atom stereocenters. The van der Waals surface area contributed by atoms with E-state index in [1.165, 1.54) is 13.2 Å². The summed E-state index contributed by atoms with van der Waals surface area (Å²) in [5.74, 6) is 1.34. The van der Waals surface area contributed by atoms with Crippen molar-refractivity contribution < 1.29 is 17.9 Å². The van der Waals surface area contributed by atoms with Crippen LogP contribution in [0.3, 0.4) is 0 Å². The number of hydrogen-bond donors (Lipinski definition) is 0. The van der Waals surface area contributed by atoms with Crippen LogP contribution in [-0.2, 0) is 6.18 Å². The lowest BCUT2D eigenvalue weighted by Gasteiger charge is -2.35. The Morgan fingerprint density at radius 3 is 2.38 bits per heavy atom. The van der Waals surface area contributed by atoms with E-state index < -0.39 is 11.7 Å². The SMILES string of the molecule is CCCN1CCN(c2cc(-c3ccc(Sc4ccccc4OC)c(C(F)(F)F)c3)ccn2)CC1. The molecular formula is C26H28F3N3OS. The lowest BCUT2D eigenvalue weighted by molar-refractivity contribution is -0.139. The van der Waals surface area contributed by atoms with Gasteiger partial charge in [-0.05, 0) is 60.5 Å². The Labute approximate surface area is 202 Å². The fourth-order valence-corrected chi connectivity index (χ4v) is 5.19. The number of alkyl halides is 3. The Morgan fingerprint density at radius 2 is 1.68 bits per heavy atom. The highest BCUT2D eigenvalue weighted by Crippen LogP contribution is 2.43. The topological polar surface area (TPSA) is 28.6 Å². The second kappa shape index (κ2) is 10.7. The molecule has 0 aliphatic carbocycles. The van der Waals surface area contributed by atoms with Crippen LogP contribution in [0, 0.1) is 0 Å². The average Bonchev–Trinajstić information content (AvgIpc) is 2.85. The van der Waals surface area contributed by atoms with E-state index in [2.05, 4.69) is 21.7 Å². The summed E-state index contributed by atoms with van der Waals surface area (Å²) < 4.78 is 47.4. The van der Waals surface area contributed by atoms with E-state index >= 15 is 0 Å². The van der Waals surface area contributed by atoms with Crippen LogP contribution in [0.5, 0.6) is 5.75 Å². The Bertz CT molecular complexity index is 1110. The van der Waals surface area contributed by atoms with Gasteiger partial charge in [0.1, 0.15) is 11.6 Å². The summed E-state index contributed by atoms with van der Waals surface area (Å²) in [6, 6.07) is 15.2. The van der Waals surface area contributed by atoms with Crippen molar-refractivity contribution in [1.29, 1.82) is 0 Å². The normalized spacial score (nSPS) is 14.9. The second-order valence-corrected chi connectivity index (χ2v) is 9.28. The molecule has 8 heteroatoms. The number of anilines is 1. The molecule has 0 radical (unpaired) electrons. The number of para-hydroxylation sites is 1. The van der Waals surface area contributed by atoms with Crippen molar-refractivity contribution in [3.8, 4) is 16.9 Å². The van der Waals surface area contributed by atoms with E-state index in [1.807, 2.05) is 6.07 Å². The minimum Gasteiger partial charge on any atom is -0.496 e. The van der Waals surface area contributed by atoms with E-state index in [-0.39, 0.29) is 4.90 Å². The standard InChI is InChI=1S/C26H28F3N3OS/c1-3-12-31-13-15-32(16-14-31)25-18-20(10-11-30-25)19-8-9-23(21(17-19)26(27,28)29)34-24-7-5-4-6-22(24)33-2/h4-11,17-18H,3,12-16H2,1-2H3. The largest absolute Gasteiger partial charge is 0.496 e. The van der Waals surface area contributed by atoms with Gasteiger partial charge in [0.25, 0.3) is 0 Å². The number of ether oxygens (including phenoxy) is 1. The van der Waals surface area contributed by atoms with E-state index in [0.717, 1.165) is 62.3 Å². The van der Waals surface area contributed by atoms with Crippen molar-refractivity contribution in [3.63, 3.8) is 0 Å². The molecule has 0 bridgehead atoms. The monoisotopic (exact) mass is 487 g/mol. The number of hydrogen-bond acceptors (Lipinski definition) is 5. The number of benzene rings is 2. The third-order valence-corrected chi connectivity index (χ3v) is 7.02. The van der Waals surface area contributed by atoms with Crippen molar-refractivity contribution >= 4 is 17.6 Å². The lowest BCUT2D eigenvalue weighted by atomic mass is 10.0. The Hall–Kier alpha value is -2.71. The van der Waals surface area contributed by atoms with Gasteiger partial charge in [-0.3, -0.25) is 4.90 Å². The van der Waals surface area contributed by atoms with Crippen LogP contribution in [-0.4, -0.2) is 49.7 Å². The van der Waals surface area contributed by atoms with Crippen LogP contribution in [0.2, 0.25) is 0 Å². The molecule has 0 atom stereocenters. The van der Waals surface area contributed by atoms with Gasteiger partial charge in [0.2, 0.25) is 0 Å². The molecule has 1 fully saturated rings. The molecule has 180 valence electrons. The Balaban J connectivity index is 1.61. The average molecular weight is 488 g/mol. The van der Waals surface area contributed by atoms with Crippen molar-refractivity contribution in [1.82, 2.24) is 9.88 Å². The first-order valence-electron chi connectivity index (χ1n) is 11.3. The number of halogens is 3. The highest BCUT2D eigenvalue weighted by atomic mass is 32.2. The molecule has 4 nitrogen and oxygen atoms in total. The first kappa shape index (κ1) is 24.4. The predicted molar refractivity (Wildman–Crippen MR) is 131 cm³/mol. The van der Waals surface area contributed by atoms with Crippen LogP contribution in [0.25, 0.3) is 11.1 Å². The van der Waals surface area contributed by atoms with Gasteiger partial charge in [-0.1, -0.05) is 36.9 Å². The van der Waals surface area contributed by atoms with Crippen molar-refractivity contribution in [2.45, 2.75) is 29.3 Å². The maximum absolute atomic E-state index is 14.0. The zero-order chi connectivity index (χ0) is 24.1. The van der Waals surface area contributed by atoms with Gasteiger partial charge in [0.15, 0.2) is 0 Å². The maximum Gasteiger partial charge on any atom is 0.417 e. The van der Waals surface area contributed by atoms with Gasteiger partial charge < -0.3 is 9.64 Å². The molecule has 1 aliphatic heterocycles. The maximum atomic E-state index is 14.0. The van der Waals surface area contributed by atoms with Crippen molar-refractivity contribution in [2.75, 3.05) is 44.7 Å². The molecule has 0 N–H and O–H groups in total. The van der Waals surface area contributed by atoms with Gasteiger partial charge in [-0.2, -0.15) is 13.2 Å². The molecule has 2 heterocycles. The molecule has 0 spiro atoms. The van der Waals surface area contributed by atoms with Crippen LogP contribution in [0.15, 0.2) is 70.6 Å². The molecule has 0 amide bonds. The summed E-state index contributed by atoms with van der Waals surface area (Å²) in [6.45, 7) is 6.91. The van der Waals surface area contributed by atoms with Gasteiger partial charge in [0.05, 0.1) is 17.6 Å². The van der Waals surface area contributed by atoms with E-state index in [4.69, 9.17) is 4.74 Å². The van der Waals surface area contributed by atoms with Crippen LogP contribution < -0.4 is 9.64 Å². The van der Waals surface area contributed by atoms with Gasteiger partial charge in [0, 0.05) is 37.3 Å². The summed E-state index contributed by atoms with van der Waals surface area (Å²) in [4.78, 5) is 9.89. The number of piperazine rings is 1. The molecule has 4 rings (SSSR count). The van der Waals surface area contributed by atoms with Gasteiger partial charge in [-0.25, -0.2) is 4.98 Å². The highest BCUT2D eigenvalue weighted by molar-refractivity contribution is 7.99. The van der Waals surface area contributed by atoms with Gasteiger partial charge in [-0.15, -0.1) is 0 Å². The summed E-state index contributed by atoms with van der Waals surface area (Å²) in [7, 11) is 1.51. The molecule has 3 aromatic rings. The molecule has 0 saturated carbocycles. The quantitative estimate of drug-likeness (QED) is 0.382. The Kier molecular flexibility index (Phi) is 7.68. The molecule has 1 saturated heterocycles. The van der Waals surface area contributed by atoms with Gasteiger partial charge >= 0.3 is 6.18 Å². The summed E-state index contributed by atoms with van der Waals surface area (Å²) in [6.07, 6.45) is -1.68. The fourth-order valence-electron chi connectivity index (χ4n) is 4.13. The lowest BCUT2D eigenvalue weighted by Crippen LogP contribution is -2.46. The first-order valence-corrected chi connectivity index (χ1v) is 12.2. The highest BCUT2D eigenvalue weighted by Gasteiger charge is 2.34. The summed E-state index contributed by atoms with van der Waals surface area (Å²) >= 11 is 1.06. The van der Waals surface area contributed by atoms with E-state index in [9.17, 15) is 13.2 Å². The molecule has 1 aliphatic rings. The van der Waals surface area contributed by atoms with Crippen molar-refractivity contribution in [3.05, 3.63) is 66.4 Å². The zero-order valence-electron chi connectivity index (χ0n) is 19.3. The van der Waals surface area contributed by atoms with Crippen molar-refractivity contribution in [2.24, 2.45) is 0 Å². The fraction of sp³-hybridized carbons (Fsp3) is 0.346. The molecule has 34 heavy (non-hydrogen) atoms. The number of pyridine rings is 1. The molecular weight excluding hydrogens is 459 g/mol. The second-order valence-electron chi connectivity index (χ2n) is 8.19. The third-order valence-electron chi connectivity index (χ3n) is 5.89. The smallest absolute Gasteiger partial charge is 0.417 e. The molecule has 2 aromatic carbocycles.